The number of ether oxygens (including phenoxy) is 1. The molecular weight excluding hydrogens is 399 g/mol. The Morgan fingerprint density at radius 2 is 2.00 bits per heavy atom. The van der Waals surface area contributed by atoms with Crippen LogP contribution in [-0.2, 0) is 4.74 Å². The predicted octanol–water partition coefficient (Wildman–Crippen LogP) is 4.88. The van der Waals surface area contributed by atoms with E-state index in [1.54, 1.807) is 48.5 Å². The van der Waals surface area contributed by atoms with Gasteiger partial charge < -0.3 is 14.5 Å². The molecule has 1 aromatic heterocycles. The molecule has 1 saturated heterocycles. The van der Waals surface area contributed by atoms with Crippen molar-refractivity contribution in [3.8, 4) is 0 Å². The number of hydrogen-bond donors (Lipinski definition) is 1. The van der Waals surface area contributed by atoms with Gasteiger partial charge in [0.25, 0.3) is 5.91 Å². The molecule has 1 aliphatic rings. The number of nitrogens with zero attached hydrogens (tertiary/aromatic N) is 1. The first kappa shape index (κ1) is 19.0. The van der Waals surface area contributed by atoms with Crippen LogP contribution in [0.1, 0.15) is 23.2 Å². The smallest absolute Gasteiger partial charge is 0.256 e. The van der Waals surface area contributed by atoms with Crippen molar-refractivity contribution in [3.05, 3.63) is 69.7 Å². The zero-order chi connectivity index (χ0) is 19.5. The van der Waals surface area contributed by atoms with Gasteiger partial charge in [0, 0.05) is 28.6 Å². The molecule has 7 heteroatoms. The molecule has 28 heavy (non-hydrogen) atoms. The van der Waals surface area contributed by atoms with Gasteiger partial charge in [-0.2, -0.15) is 0 Å². The van der Waals surface area contributed by atoms with Crippen LogP contribution in [0, 0.1) is 0 Å². The molecule has 5 nitrogen and oxygen atoms in total. The maximum Gasteiger partial charge on any atom is 0.256 e. The quantitative estimate of drug-likeness (QED) is 0.658. The van der Waals surface area contributed by atoms with E-state index < -0.39 is 0 Å². The number of nitrogens with one attached hydrogen (secondary N) is 1. The number of hydrogen-bond acceptors (Lipinski definition) is 4. The lowest BCUT2D eigenvalue weighted by Crippen LogP contribution is -2.34. The molecule has 1 atom stereocenters. The maximum atomic E-state index is 12.9. The minimum Gasteiger partial charge on any atom is -0.438 e. The minimum absolute atomic E-state index is 0.0455. The second-order valence-electron chi connectivity index (χ2n) is 6.58. The fourth-order valence-electron chi connectivity index (χ4n) is 3.12. The van der Waals surface area contributed by atoms with Crippen LogP contribution in [0.5, 0.6) is 0 Å². The summed E-state index contributed by atoms with van der Waals surface area (Å²) in [6.45, 7) is 1.18. The van der Waals surface area contributed by atoms with Crippen LogP contribution >= 0.6 is 23.2 Å². The first-order valence-corrected chi connectivity index (χ1v) is 9.77. The average molecular weight is 417 g/mol. The minimum atomic E-state index is -0.276. The van der Waals surface area contributed by atoms with Crippen molar-refractivity contribution in [2.45, 2.75) is 18.9 Å². The topological polar surface area (TPSA) is 63.8 Å². The number of carbonyl (C=O) groups is 1. The van der Waals surface area contributed by atoms with Crippen molar-refractivity contribution in [1.82, 2.24) is 5.32 Å². The molecule has 1 aliphatic heterocycles. The molecule has 0 saturated carbocycles. The molecule has 0 radical (unpaired) electrons. The van der Waals surface area contributed by atoms with Crippen LogP contribution in [0.2, 0.25) is 10.0 Å². The number of halogens is 2. The van der Waals surface area contributed by atoms with Crippen molar-refractivity contribution in [3.63, 3.8) is 0 Å². The molecule has 4 rings (SSSR count). The van der Waals surface area contributed by atoms with E-state index in [9.17, 15) is 4.79 Å². The third-order valence-electron chi connectivity index (χ3n) is 4.51. The third-order valence-corrected chi connectivity index (χ3v) is 4.98. The van der Waals surface area contributed by atoms with Gasteiger partial charge in [0.1, 0.15) is 11.1 Å². The SMILES string of the molecule is O=C(NC[C@@H]1CCCO1)c1cc2cc(Cl)ccc2oc1=Nc1cccc(Cl)c1. The lowest BCUT2D eigenvalue weighted by atomic mass is 10.1. The second-order valence-corrected chi connectivity index (χ2v) is 7.46. The molecule has 1 N–H and O–H groups in total. The first-order valence-electron chi connectivity index (χ1n) is 9.02. The average Bonchev–Trinajstić information content (AvgIpc) is 3.19. The van der Waals surface area contributed by atoms with E-state index in [1.807, 2.05) is 0 Å². The molecule has 1 amide bonds. The molecule has 0 spiro atoms. The molecule has 144 valence electrons. The first-order chi connectivity index (χ1) is 13.6. The molecule has 3 aromatic rings. The summed E-state index contributed by atoms with van der Waals surface area (Å²) in [6.07, 6.45) is 2.00. The van der Waals surface area contributed by atoms with Crippen LogP contribution < -0.4 is 10.9 Å². The number of amides is 1. The van der Waals surface area contributed by atoms with Crippen LogP contribution in [0.3, 0.4) is 0 Å². The number of benzene rings is 2. The summed E-state index contributed by atoms with van der Waals surface area (Å²) >= 11 is 12.1. The Morgan fingerprint density at radius 1 is 1.14 bits per heavy atom. The molecule has 0 unspecified atom stereocenters. The van der Waals surface area contributed by atoms with Crippen molar-refractivity contribution in [1.29, 1.82) is 0 Å². The van der Waals surface area contributed by atoms with Crippen LogP contribution in [-0.4, -0.2) is 25.2 Å². The highest BCUT2D eigenvalue weighted by molar-refractivity contribution is 6.31. The predicted molar refractivity (Wildman–Crippen MR) is 109 cm³/mol. The van der Waals surface area contributed by atoms with Gasteiger partial charge >= 0.3 is 0 Å². The van der Waals surface area contributed by atoms with E-state index in [-0.39, 0.29) is 17.6 Å². The van der Waals surface area contributed by atoms with Gasteiger partial charge in [-0.25, -0.2) is 4.99 Å². The number of rotatable bonds is 4. The summed E-state index contributed by atoms with van der Waals surface area (Å²) < 4.78 is 11.5. The number of carbonyl (C=O) groups excluding carboxylic acids is 1. The monoisotopic (exact) mass is 416 g/mol. The molecule has 0 bridgehead atoms. The zero-order valence-corrected chi connectivity index (χ0v) is 16.5. The Bertz CT molecular complexity index is 1090. The van der Waals surface area contributed by atoms with E-state index >= 15 is 0 Å². The zero-order valence-electron chi connectivity index (χ0n) is 15.0. The van der Waals surface area contributed by atoms with E-state index in [4.69, 9.17) is 32.4 Å². The fraction of sp³-hybridized carbons (Fsp3) is 0.238. The summed E-state index contributed by atoms with van der Waals surface area (Å²) in [7, 11) is 0. The molecular formula is C21H18Cl2N2O3. The summed E-state index contributed by atoms with van der Waals surface area (Å²) in [5.74, 6) is -0.276. The highest BCUT2D eigenvalue weighted by Gasteiger charge is 2.18. The van der Waals surface area contributed by atoms with Crippen molar-refractivity contribution < 1.29 is 13.9 Å². The Hall–Kier alpha value is -2.34. The molecule has 2 heterocycles. The van der Waals surface area contributed by atoms with Gasteiger partial charge in [-0.3, -0.25) is 4.79 Å². The van der Waals surface area contributed by atoms with Crippen LogP contribution in [0.25, 0.3) is 11.0 Å². The normalized spacial score (nSPS) is 17.2. The number of fused-ring (bicyclic) bond motifs is 1. The fourth-order valence-corrected chi connectivity index (χ4v) is 3.48. The standard InChI is InChI=1S/C21H18Cl2N2O3/c22-14-3-1-4-16(11-14)25-21-18(20(26)24-12-17-5-2-8-27-17)10-13-9-15(23)6-7-19(13)28-21/h1,3-4,6-7,9-11,17H,2,5,8,12H2,(H,24,26)/t17-/m0/s1. The highest BCUT2D eigenvalue weighted by atomic mass is 35.5. The van der Waals surface area contributed by atoms with E-state index in [0.717, 1.165) is 24.8 Å². The van der Waals surface area contributed by atoms with Gasteiger partial charge in [0.15, 0.2) is 0 Å². The molecule has 1 fully saturated rings. The lowest BCUT2D eigenvalue weighted by molar-refractivity contribution is 0.0854. The van der Waals surface area contributed by atoms with E-state index in [1.165, 1.54) is 0 Å². The van der Waals surface area contributed by atoms with Crippen molar-refractivity contribution in [2.24, 2.45) is 4.99 Å². The van der Waals surface area contributed by atoms with E-state index in [0.29, 0.717) is 33.4 Å². The highest BCUT2D eigenvalue weighted by Crippen LogP contribution is 2.21. The van der Waals surface area contributed by atoms with Gasteiger partial charge in [-0.1, -0.05) is 29.3 Å². The molecule has 0 aliphatic carbocycles. The Morgan fingerprint density at radius 3 is 2.79 bits per heavy atom. The van der Waals surface area contributed by atoms with Crippen LogP contribution in [0.15, 0.2) is 57.9 Å². The second kappa shape index (κ2) is 8.35. The van der Waals surface area contributed by atoms with Crippen molar-refractivity contribution in [2.75, 3.05) is 13.2 Å². The van der Waals surface area contributed by atoms with Crippen molar-refractivity contribution >= 4 is 45.8 Å². The van der Waals surface area contributed by atoms with E-state index in [2.05, 4.69) is 10.3 Å². The Balaban J connectivity index is 1.76. The Kier molecular flexibility index (Phi) is 5.67. The largest absolute Gasteiger partial charge is 0.438 e. The third kappa shape index (κ3) is 4.38. The summed E-state index contributed by atoms with van der Waals surface area (Å²) in [4.78, 5) is 17.4. The Labute approximate surface area is 171 Å². The summed E-state index contributed by atoms with van der Waals surface area (Å²) in [5, 5.41) is 4.75. The molecule has 2 aromatic carbocycles. The van der Waals surface area contributed by atoms with Gasteiger partial charge in [-0.05, 0) is 55.3 Å². The van der Waals surface area contributed by atoms with Gasteiger partial charge in [0.2, 0.25) is 5.55 Å². The maximum absolute atomic E-state index is 12.9. The summed E-state index contributed by atoms with van der Waals surface area (Å²) in [6, 6.07) is 14.0. The van der Waals surface area contributed by atoms with Crippen LogP contribution in [0.4, 0.5) is 5.69 Å². The van der Waals surface area contributed by atoms with Gasteiger partial charge in [-0.15, -0.1) is 0 Å². The summed E-state index contributed by atoms with van der Waals surface area (Å²) in [5.41, 5.74) is 1.72. The van der Waals surface area contributed by atoms with Gasteiger partial charge in [0.05, 0.1) is 11.8 Å². The lowest BCUT2D eigenvalue weighted by Gasteiger charge is -2.11.